The Morgan fingerprint density at radius 1 is 1.29 bits per heavy atom. The van der Waals surface area contributed by atoms with Gasteiger partial charge in [-0.1, -0.05) is 0 Å². The second-order valence-electron chi connectivity index (χ2n) is 3.16. The minimum atomic E-state index is -3.96. The average molecular weight is 259 g/mol. The lowest BCUT2D eigenvalue weighted by Crippen LogP contribution is -2.13. The molecule has 8 heteroatoms. The summed E-state index contributed by atoms with van der Waals surface area (Å²) in [6.07, 6.45) is 2.18. The number of rotatable bonds is 3. The van der Waals surface area contributed by atoms with E-state index in [1.807, 2.05) is 4.72 Å². The molecule has 0 spiro atoms. The first-order chi connectivity index (χ1) is 7.99. The number of nitrogens with one attached hydrogen (secondary N) is 2. The van der Waals surface area contributed by atoms with Crippen molar-refractivity contribution in [2.75, 3.05) is 4.72 Å². The van der Waals surface area contributed by atoms with E-state index in [1.165, 1.54) is 0 Å². The lowest BCUT2D eigenvalue weighted by atomic mass is 10.3. The fraction of sp³-hybridized carbons (Fsp3) is 0. The Morgan fingerprint density at radius 2 is 2.06 bits per heavy atom. The van der Waals surface area contributed by atoms with E-state index in [9.17, 15) is 17.2 Å². The van der Waals surface area contributed by atoms with Gasteiger partial charge in [-0.05, 0) is 12.1 Å². The third-order valence-electron chi connectivity index (χ3n) is 1.96. The summed E-state index contributed by atoms with van der Waals surface area (Å²) < 4.78 is 51.3. The van der Waals surface area contributed by atoms with Crippen LogP contribution in [0.2, 0.25) is 0 Å². The SMILES string of the molecule is O=S(=O)(Nc1cc(F)ccc1F)c1cn[nH]c1. The highest BCUT2D eigenvalue weighted by molar-refractivity contribution is 7.92. The molecule has 1 heterocycles. The fourth-order valence-electron chi connectivity index (χ4n) is 1.17. The van der Waals surface area contributed by atoms with E-state index in [0.29, 0.717) is 0 Å². The van der Waals surface area contributed by atoms with Crippen molar-refractivity contribution < 1.29 is 17.2 Å². The first kappa shape index (κ1) is 11.5. The van der Waals surface area contributed by atoms with Crippen molar-refractivity contribution in [3.05, 3.63) is 42.2 Å². The quantitative estimate of drug-likeness (QED) is 0.876. The Bertz CT molecular complexity index is 626. The van der Waals surface area contributed by atoms with Gasteiger partial charge < -0.3 is 0 Å². The van der Waals surface area contributed by atoms with Crippen molar-refractivity contribution >= 4 is 15.7 Å². The molecule has 1 aromatic carbocycles. The molecule has 0 fully saturated rings. The normalized spacial score (nSPS) is 11.4. The molecule has 2 rings (SSSR count). The van der Waals surface area contributed by atoms with E-state index in [2.05, 4.69) is 10.2 Å². The molecule has 2 aromatic rings. The van der Waals surface area contributed by atoms with Crippen molar-refractivity contribution in [1.29, 1.82) is 0 Å². The Balaban J connectivity index is 2.36. The Morgan fingerprint density at radius 3 is 2.71 bits per heavy atom. The molecule has 0 radical (unpaired) electrons. The molecule has 0 unspecified atom stereocenters. The van der Waals surface area contributed by atoms with E-state index in [-0.39, 0.29) is 4.90 Å². The first-order valence-electron chi connectivity index (χ1n) is 4.46. The molecule has 1 aromatic heterocycles. The number of hydrogen-bond donors (Lipinski definition) is 2. The van der Waals surface area contributed by atoms with Crippen LogP contribution in [0.5, 0.6) is 0 Å². The highest BCUT2D eigenvalue weighted by Crippen LogP contribution is 2.19. The zero-order valence-electron chi connectivity index (χ0n) is 8.31. The van der Waals surface area contributed by atoms with Crippen molar-refractivity contribution in [1.82, 2.24) is 10.2 Å². The number of nitrogens with zero attached hydrogens (tertiary/aromatic N) is 1. The van der Waals surface area contributed by atoms with E-state index >= 15 is 0 Å². The van der Waals surface area contributed by atoms with Gasteiger partial charge >= 0.3 is 0 Å². The Hall–Kier alpha value is -1.96. The number of sulfonamides is 1. The van der Waals surface area contributed by atoms with Crippen LogP contribution in [-0.4, -0.2) is 18.6 Å². The maximum absolute atomic E-state index is 13.2. The number of hydrogen-bond acceptors (Lipinski definition) is 3. The van der Waals surface area contributed by atoms with Gasteiger partial charge in [-0.2, -0.15) is 5.10 Å². The summed E-state index contributed by atoms with van der Waals surface area (Å²) in [5, 5.41) is 5.77. The monoisotopic (exact) mass is 259 g/mol. The summed E-state index contributed by atoms with van der Waals surface area (Å²) in [6.45, 7) is 0. The number of aromatic amines is 1. The van der Waals surface area contributed by atoms with E-state index < -0.39 is 27.3 Å². The fourth-order valence-corrected chi connectivity index (χ4v) is 2.13. The van der Waals surface area contributed by atoms with Gasteiger partial charge in [0.2, 0.25) is 0 Å². The summed E-state index contributed by atoms with van der Waals surface area (Å²) in [6, 6.07) is 2.49. The summed E-state index contributed by atoms with van der Waals surface area (Å²) in [5.41, 5.74) is -0.453. The van der Waals surface area contributed by atoms with Gasteiger partial charge in [-0.25, -0.2) is 17.2 Å². The Kier molecular flexibility index (Phi) is 2.80. The van der Waals surface area contributed by atoms with Crippen LogP contribution < -0.4 is 4.72 Å². The van der Waals surface area contributed by atoms with Gasteiger partial charge in [-0.15, -0.1) is 0 Å². The summed E-state index contributed by atoms with van der Waals surface area (Å²) >= 11 is 0. The second kappa shape index (κ2) is 4.13. The number of halogens is 2. The molecule has 0 atom stereocenters. The molecule has 17 heavy (non-hydrogen) atoms. The van der Waals surface area contributed by atoms with Gasteiger partial charge in [0.1, 0.15) is 16.5 Å². The lowest BCUT2D eigenvalue weighted by molar-refractivity contribution is 0.594. The highest BCUT2D eigenvalue weighted by Gasteiger charge is 2.17. The van der Waals surface area contributed by atoms with Crippen LogP contribution >= 0.6 is 0 Å². The highest BCUT2D eigenvalue weighted by atomic mass is 32.2. The van der Waals surface area contributed by atoms with Crippen molar-refractivity contribution in [2.45, 2.75) is 4.90 Å². The predicted molar refractivity (Wildman–Crippen MR) is 55.8 cm³/mol. The molecule has 0 saturated carbocycles. The number of H-pyrrole nitrogens is 1. The molecule has 0 bridgehead atoms. The van der Waals surface area contributed by atoms with Crippen molar-refractivity contribution in [3.8, 4) is 0 Å². The number of anilines is 1. The summed E-state index contributed by atoms with van der Waals surface area (Å²) in [5.74, 6) is -1.60. The molecule has 5 nitrogen and oxygen atoms in total. The molecule has 0 aliphatic rings. The summed E-state index contributed by atoms with van der Waals surface area (Å²) in [7, 11) is -3.96. The molecular weight excluding hydrogens is 252 g/mol. The van der Waals surface area contributed by atoms with Gasteiger partial charge in [0, 0.05) is 12.3 Å². The third kappa shape index (κ3) is 2.41. The van der Waals surface area contributed by atoms with E-state index in [4.69, 9.17) is 0 Å². The molecule has 90 valence electrons. The van der Waals surface area contributed by atoms with Gasteiger partial charge in [0.25, 0.3) is 10.0 Å². The van der Waals surface area contributed by atoms with Crippen LogP contribution in [0.15, 0.2) is 35.5 Å². The predicted octanol–water partition coefficient (Wildman–Crippen LogP) is 1.49. The topological polar surface area (TPSA) is 74.8 Å². The lowest BCUT2D eigenvalue weighted by Gasteiger charge is -2.06. The van der Waals surface area contributed by atoms with Crippen LogP contribution in [-0.2, 0) is 10.0 Å². The first-order valence-corrected chi connectivity index (χ1v) is 5.94. The molecular formula is C9H7F2N3O2S. The van der Waals surface area contributed by atoms with Crippen LogP contribution in [0.4, 0.5) is 14.5 Å². The van der Waals surface area contributed by atoms with Gasteiger partial charge in [0.15, 0.2) is 0 Å². The zero-order valence-corrected chi connectivity index (χ0v) is 9.13. The molecule has 0 amide bonds. The standard InChI is InChI=1S/C9H7F2N3O2S/c10-6-1-2-8(11)9(3-6)14-17(15,16)7-4-12-13-5-7/h1-5,14H,(H,12,13). The van der Waals surface area contributed by atoms with Crippen LogP contribution in [0.25, 0.3) is 0 Å². The van der Waals surface area contributed by atoms with Crippen LogP contribution in [0.1, 0.15) is 0 Å². The molecule has 0 saturated heterocycles. The molecule has 0 aliphatic carbocycles. The Labute approximate surface area is 95.5 Å². The van der Waals surface area contributed by atoms with Gasteiger partial charge in [0.05, 0.1) is 11.9 Å². The second-order valence-corrected chi connectivity index (χ2v) is 4.85. The van der Waals surface area contributed by atoms with Crippen LogP contribution in [0, 0.1) is 11.6 Å². The third-order valence-corrected chi connectivity index (χ3v) is 3.29. The molecule has 2 N–H and O–H groups in total. The minimum Gasteiger partial charge on any atom is -0.284 e. The van der Waals surface area contributed by atoms with E-state index in [1.54, 1.807) is 0 Å². The number of aromatic nitrogens is 2. The average Bonchev–Trinajstić information content (AvgIpc) is 2.77. The maximum atomic E-state index is 13.2. The van der Waals surface area contributed by atoms with Crippen molar-refractivity contribution in [3.63, 3.8) is 0 Å². The zero-order chi connectivity index (χ0) is 12.5. The minimum absolute atomic E-state index is 0.166. The maximum Gasteiger partial charge on any atom is 0.265 e. The smallest absolute Gasteiger partial charge is 0.265 e. The summed E-state index contributed by atoms with van der Waals surface area (Å²) in [4.78, 5) is -0.166. The number of benzene rings is 1. The van der Waals surface area contributed by atoms with E-state index in [0.717, 1.165) is 30.6 Å². The molecule has 0 aliphatic heterocycles. The van der Waals surface area contributed by atoms with Gasteiger partial charge in [-0.3, -0.25) is 9.82 Å². The largest absolute Gasteiger partial charge is 0.284 e. The van der Waals surface area contributed by atoms with Crippen LogP contribution in [0.3, 0.4) is 0 Å². The van der Waals surface area contributed by atoms with Crippen molar-refractivity contribution in [2.24, 2.45) is 0 Å².